The Morgan fingerprint density at radius 2 is 1.97 bits per heavy atom. The van der Waals surface area contributed by atoms with Gasteiger partial charge in [0, 0.05) is 54.2 Å². The molecule has 0 saturated carbocycles. The number of rotatable bonds is 9. The van der Waals surface area contributed by atoms with E-state index in [0.717, 1.165) is 0 Å². The van der Waals surface area contributed by atoms with Crippen LogP contribution in [0.5, 0.6) is 0 Å². The summed E-state index contributed by atoms with van der Waals surface area (Å²) < 4.78 is 1.33. The molecule has 38 heavy (non-hydrogen) atoms. The van der Waals surface area contributed by atoms with Gasteiger partial charge >= 0.3 is 5.97 Å². The largest absolute Gasteiger partial charge is 0.477 e. The zero-order valence-electron chi connectivity index (χ0n) is 21.3. The van der Waals surface area contributed by atoms with Gasteiger partial charge in [-0.05, 0) is 22.8 Å². The molecule has 5 heterocycles. The van der Waals surface area contributed by atoms with Crippen LogP contribution in [0.1, 0.15) is 26.7 Å². The molecule has 1 aromatic heterocycles. The molecule has 6 N–H and O–H groups in total. The lowest BCUT2D eigenvalue weighted by Gasteiger charge is -2.47. The molecule has 4 aliphatic rings. The number of amides is 2. The number of carboxylic acid groups (broad SMARTS) is 1. The number of thioether (sulfide) groups is 1. The van der Waals surface area contributed by atoms with Crippen molar-refractivity contribution >= 4 is 35.3 Å². The van der Waals surface area contributed by atoms with Crippen LogP contribution in [-0.4, -0.2) is 108 Å². The molecule has 1 aromatic rings. The number of carbonyl (C=O) groups excluding carboxylic acids is 3. The second-order valence-corrected chi connectivity index (χ2v) is 12.1. The number of hydrogen-bond donors (Lipinski definition) is 4. The van der Waals surface area contributed by atoms with Crippen LogP contribution in [-0.2, 0) is 25.7 Å². The van der Waals surface area contributed by atoms with Gasteiger partial charge in [0.05, 0.1) is 18.0 Å². The average Bonchev–Trinajstić information content (AvgIpc) is 3.63. The Morgan fingerprint density at radius 3 is 2.61 bits per heavy atom. The fourth-order valence-corrected chi connectivity index (χ4v) is 7.65. The molecular weight excluding hydrogens is 514 g/mol. The third-order valence-corrected chi connectivity index (χ3v) is 9.60. The van der Waals surface area contributed by atoms with Gasteiger partial charge < -0.3 is 31.7 Å². The van der Waals surface area contributed by atoms with E-state index in [1.807, 2.05) is 13.8 Å². The molecule has 0 aromatic carbocycles. The highest BCUT2D eigenvalue weighted by molar-refractivity contribution is 8.03. The van der Waals surface area contributed by atoms with Gasteiger partial charge in [0.25, 0.3) is 0 Å². The number of hydrogen-bond acceptors (Lipinski definition) is 11. The summed E-state index contributed by atoms with van der Waals surface area (Å²) in [6, 6.07) is -1.17. The number of ketones is 1. The predicted molar refractivity (Wildman–Crippen MR) is 135 cm³/mol. The van der Waals surface area contributed by atoms with E-state index >= 15 is 0 Å². The van der Waals surface area contributed by atoms with E-state index in [9.17, 15) is 24.3 Å². The van der Waals surface area contributed by atoms with Gasteiger partial charge in [-0.3, -0.25) is 14.4 Å². The summed E-state index contributed by atoms with van der Waals surface area (Å²) in [5.41, 5.74) is 12.0. The number of fused-ring (bicyclic) bond motifs is 1. The molecule has 2 amide bonds. The molecule has 14 nitrogen and oxygen atoms in total. The molecular formula is C23H33N9O5S. The number of β-lactam (4-membered cyclic amide) rings is 1. The topological polar surface area (TPSA) is 203 Å². The van der Waals surface area contributed by atoms with E-state index < -0.39 is 11.9 Å². The molecule has 0 spiro atoms. The van der Waals surface area contributed by atoms with Crippen molar-refractivity contribution in [1.82, 2.24) is 35.3 Å². The minimum atomic E-state index is -1.14. The Morgan fingerprint density at radius 1 is 1.26 bits per heavy atom. The summed E-state index contributed by atoms with van der Waals surface area (Å²) in [5.74, 6) is -2.46. The number of aromatic nitrogens is 4. The summed E-state index contributed by atoms with van der Waals surface area (Å²) in [6.07, 6.45) is 2.06. The van der Waals surface area contributed by atoms with E-state index in [0.29, 0.717) is 31.0 Å². The number of carboxylic acids is 1. The van der Waals surface area contributed by atoms with E-state index in [4.69, 9.17) is 11.5 Å². The second-order valence-electron chi connectivity index (χ2n) is 10.8. The van der Waals surface area contributed by atoms with Crippen LogP contribution in [0.15, 0.2) is 16.9 Å². The molecule has 2 unspecified atom stereocenters. The van der Waals surface area contributed by atoms with Crippen molar-refractivity contribution < 1.29 is 24.3 Å². The van der Waals surface area contributed by atoms with Crippen LogP contribution >= 0.6 is 11.8 Å². The summed E-state index contributed by atoms with van der Waals surface area (Å²) in [5, 5.41) is 24.0. The first kappa shape index (κ1) is 26.7. The number of likely N-dealkylation sites (tertiary alicyclic amines) is 1. The highest BCUT2D eigenvalue weighted by Crippen LogP contribution is 2.53. The van der Waals surface area contributed by atoms with E-state index in [1.165, 1.54) is 27.7 Å². The van der Waals surface area contributed by atoms with Crippen molar-refractivity contribution in [3.05, 3.63) is 16.9 Å². The van der Waals surface area contributed by atoms with Gasteiger partial charge in [-0.15, -0.1) is 16.9 Å². The maximum absolute atomic E-state index is 13.2. The minimum absolute atomic E-state index is 0.0196. The maximum atomic E-state index is 13.2. The van der Waals surface area contributed by atoms with Gasteiger partial charge in [-0.1, -0.05) is 13.8 Å². The third-order valence-electron chi connectivity index (χ3n) is 8.09. The Bertz CT molecular complexity index is 1150. The van der Waals surface area contributed by atoms with Crippen molar-refractivity contribution in [3.8, 4) is 0 Å². The molecule has 3 fully saturated rings. The standard InChI is InChI=1S/C23H33N9O5S/c1-10(3-12(33)6-31-9-27-28-29-31)17-18-11(2)20(19(23(36)37)32(18)22(17)35)38-13-4-16(26-5-13)21(34)30-7-14(24)15(25)8-30/h9-11,13-18,26H,3-8,24-25H2,1-2H3,(H,36,37)/t10-,11+,13-,14?,15?,16-,17+,18+/m0/s1. The minimum Gasteiger partial charge on any atom is -0.477 e. The van der Waals surface area contributed by atoms with Crippen molar-refractivity contribution in [2.24, 2.45) is 29.2 Å². The van der Waals surface area contributed by atoms with E-state index in [1.54, 1.807) is 4.90 Å². The molecule has 8 atom stereocenters. The molecule has 0 radical (unpaired) electrons. The molecule has 0 aliphatic carbocycles. The first-order valence-electron chi connectivity index (χ1n) is 12.8. The zero-order chi connectivity index (χ0) is 27.3. The van der Waals surface area contributed by atoms with E-state index in [-0.39, 0.29) is 77.5 Å². The van der Waals surface area contributed by atoms with Crippen LogP contribution in [0.3, 0.4) is 0 Å². The molecule has 206 valence electrons. The highest BCUT2D eigenvalue weighted by atomic mass is 32.2. The summed E-state index contributed by atoms with van der Waals surface area (Å²) >= 11 is 1.43. The van der Waals surface area contributed by atoms with Gasteiger partial charge in [0.1, 0.15) is 18.6 Å². The Labute approximate surface area is 223 Å². The fourth-order valence-electron chi connectivity index (χ4n) is 6.17. The first-order chi connectivity index (χ1) is 18.1. The Hall–Kier alpha value is -2.88. The molecule has 5 rings (SSSR count). The smallest absolute Gasteiger partial charge is 0.353 e. The lowest BCUT2D eigenvalue weighted by molar-refractivity contribution is -0.160. The Kier molecular flexibility index (Phi) is 7.28. The number of aliphatic carboxylic acids is 1. The van der Waals surface area contributed by atoms with Crippen LogP contribution in [0, 0.1) is 17.8 Å². The average molecular weight is 548 g/mol. The highest BCUT2D eigenvalue weighted by Gasteiger charge is 2.60. The number of nitrogens with zero attached hydrogens (tertiary/aromatic N) is 6. The molecule has 3 saturated heterocycles. The molecule has 0 bridgehead atoms. The number of nitrogens with one attached hydrogen (secondary N) is 1. The normalized spacial score (nSPS) is 33.5. The van der Waals surface area contributed by atoms with Gasteiger partial charge in [0.15, 0.2) is 5.78 Å². The van der Waals surface area contributed by atoms with Gasteiger partial charge in [-0.25, -0.2) is 9.48 Å². The summed E-state index contributed by atoms with van der Waals surface area (Å²) in [4.78, 5) is 54.6. The fraction of sp³-hybridized carbons (Fsp3) is 0.696. The molecule has 4 aliphatic heterocycles. The zero-order valence-corrected chi connectivity index (χ0v) is 22.1. The lowest BCUT2D eigenvalue weighted by atomic mass is 9.73. The summed E-state index contributed by atoms with van der Waals surface area (Å²) in [7, 11) is 0. The number of nitrogens with two attached hydrogens (primary N) is 2. The van der Waals surface area contributed by atoms with Gasteiger partial charge in [-0.2, -0.15) is 0 Å². The van der Waals surface area contributed by atoms with Gasteiger partial charge in [0.2, 0.25) is 11.8 Å². The van der Waals surface area contributed by atoms with Crippen LogP contribution in [0.2, 0.25) is 0 Å². The van der Waals surface area contributed by atoms with Crippen LogP contribution in [0.4, 0.5) is 0 Å². The van der Waals surface area contributed by atoms with Crippen LogP contribution < -0.4 is 16.8 Å². The number of tetrazole rings is 1. The van der Waals surface area contributed by atoms with E-state index in [2.05, 4.69) is 20.8 Å². The monoisotopic (exact) mass is 547 g/mol. The summed E-state index contributed by atoms with van der Waals surface area (Å²) in [6.45, 7) is 5.20. The number of carbonyl (C=O) groups is 4. The third kappa shape index (κ3) is 4.72. The van der Waals surface area contributed by atoms with Crippen molar-refractivity contribution in [2.45, 2.75) is 62.7 Å². The predicted octanol–water partition coefficient (Wildman–Crippen LogP) is -2.00. The maximum Gasteiger partial charge on any atom is 0.353 e. The van der Waals surface area contributed by atoms with Crippen molar-refractivity contribution in [1.29, 1.82) is 0 Å². The Balaban J connectivity index is 1.23. The first-order valence-corrected chi connectivity index (χ1v) is 13.7. The lowest BCUT2D eigenvalue weighted by Crippen LogP contribution is -2.62. The van der Waals surface area contributed by atoms with Crippen molar-refractivity contribution in [3.63, 3.8) is 0 Å². The SMILES string of the molecule is C[C@@H](CC(=O)Cn1cnnn1)[C@H]1C(=O)N2C(C(=O)O)=C(S[C@@H]3CN[C@H](C(=O)N4CC(N)C(N)C4)C3)[C@H](C)[C@H]12. The quantitative estimate of drug-likeness (QED) is 0.248. The number of Topliss-reactive ketones (excluding diaryl/α,β-unsaturated/α-hetero) is 1. The van der Waals surface area contributed by atoms with Crippen molar-refractivity contribution in [2.75, 3.05) is 19.6 Å². The second kappa shape index (κ2) is 10.4. The molecule has 15 heteroatoms. The van der Waals surface area contributed by atoms with Crippen LogP contribution in [0.25, 0.3) is 0 Å².